The summed E-state index contributed by atoms with van der Waals surface area (Å²) in [5.74, 6) is -0.0782. The highest BCUT2D eigenvalue weighted by molar-refractivity contribution is 6.10. The van der Waals surface area contributed by atoms with E-state index in [0.717, 1.165) is 10.8 Å². The van der Waals surface area contributed by atoms with Crippen molar-refractivity contribution in [3.05, 3.63) is 100 Å². The standard InChI is InChI=1S/C24H15N3O4/c25-15-18(24(28)26-19-10-9-16-5-1-2-6-17(16)13-19)14-20-11-12-23(31-20)21-7-3-4-8-22(21)27(29)30/h1-14H,(H,26,28)/b18-14+. The van der Waals surface area contributed by atoms with E-state index in [1.165, 1.54) is 12.1 Å². The lowest BCUT2D eigenvalue weighted by molar-refractivity contribution is -0.384. The van der Waals surface area contributed by atoms with Crippen molar-refractivity contribution in [2.24, 2.45) is 0 Å². The fourth-order valence-corrected chi connectivity index (χ4v) is 3.17. The van der Waals surface area contributed by atoms with E-state index in [-0.39, 0.29) is 22.8 Å². The number of rotatable bonds is 5. The van der Waals surface area contributed by atoms with Crippen LogP contribution in [0.5, 0.6) is 0 Å². The summed E-state index contributed by atoms with van der Waals surface area (Å²) in [6.07, 6.45) is 1.30. The highest BCUT2D eigenvalue weighted by Gasteiger charge is 2.17. The lowest BCUT2D eigenvalue weighted by Gasteiger charge is -2.05. The summed E-state index contributed by atoms with van der Waals surface area (Å²) in [6, 6.07) is 24.3. The van der Waals surface area contributed by atoms with Crippen LogP contribution in [-0.2, 0) is 4.79 Å². The van der Waals surface area contributed by atoms with E-state index in [9.17, 15) is 20.2 Å². The minimum absolute atomic E-state index is 0.0954. The Morgan fingerprint density at radius 3 is 2.52 bits per heavy atom. The van der Waals surface area contributed by atoms with Crippen LogP contribution in [0.1, 0.15) is 5.76 Å². The second kappa shape index (κ2) is 8.35. The van der Waals surface area contributed by atoms with Gasteiger partial charge in [0, 0.05) is 17.8 Å². The molecule has 1 heterocycles. The van der Waals surface area contributed by atoms with E-state index >= 15 is 0 Å². The van der Waals surface area contributed by atoms with Gasteiger partial charge in [0.05, 0.1) is 10.5 Å². The van der Waals surface area contributed by atoms with E-state index in [4.69, 9.17) is 4.42 Å². The minimum Gasteiger partial charge on any atom is -0.456 e. The number of carbonyl (C=O) groups is 1. The fraction of sp³-hybridized carbons (Fsp3) is 0. The van der Waals surface area contributed by atoms with Crippen molar-refractivity contribution in [3.8, 4) is 17.4 Å². The van der Waals surface area contributed by atoms with Gasteiger partial charge in [0.1, 0.15) is 23.2 Å². The van der Waals surface area contributed by atoms with Gasteiger partial charge in [-0.25, -0.2) is 0 Å². The number of anilines is 1. The maximum absolute atomic E-state index is 12.6. The minimum atomic E-state index is -0.582. The quantitative estimate of drug-likeness (QED) is 0.201. The van der Waals surface area contributed by atoms with E-state index in [1.807, 2.05) is 42.5 Å². The van der Waals surface area contributed by atoms with Gasteiger partial charge in [-0.3, -0.25) is 14.9 Å². The van der Waals surface area contributed by atoms with E-state index in [2.05, 4.69) is 5.32 Å². The first-order chi connectivity index (χ1) is 15.0. The normalized spacial score (nSPS) is 11.1. The molecule has 0 saturated heterocycles. The second-order valence-corrected chi connectivity index (χ2v) is 6.66. The molecule has 1 amide bonds. The summed E-state index contributed by atoms with van der Waals surface area (Å²) in [5, 5.41) is 25.4. The van der Waals surface area contributed by atoms with Crippen LogP contribution in [0.25, 0.3) is 28.2 Å². The molecule has 0 atom stereocenters. The molecule has 0 spiro atoms. The Labute approximate surface area is 177 Å². The number of fused-ring (bicyclic) bond motifs is 1. The van der Waals surface area contributed by atoms with Gasteiger partial charge in [-0.2, -0.15) is 5.26 Å². The molecule has 4 rings (SSSR count). The third-order valence-corrected chi connectivity index (χ3v) is 4.65. The third-order valence-electron chi connectivity index (χ3n) is 4.65. The van der Waals surface area contributed by atoms with E-state index < -0.39 is 10.8 Å². The summed E-state index contributed by atoms with van der Waals surface area (Å²) >= 11 is 0. The van der Waals surface area contributed by atoms with Crippen LogP contribution < -0.4 is 5.32 Å². The molecular formula is C24H15N3O4. The van der Waals surface area contributed by atoms with Crippen LogP contribution >= 0.6 is 0 Å². The maximum atomic E-state index is 12.6. The molecule has 31 heavy (non-hydrogen) atoms. The lowest BCUT2D eigenvalue weighted by Crippen LogP contribution is -2.13. The van der Waals surface area contributed by atoms with Crippen molar-refractivity contribution in [1.29, 1.82) is 5.26 Å². The summed E-state index contributed by atoms with van der Waals surface area (Å²) in [4.78, 5) is 23.3. The molecule has 7 heteroatoms. The number of nitrogens with zero attached hydrogens (tertiary/aromatic N) is 2. The number of hydrogen-bond acceptors (Lipinski definition) is 5. The summed E-state index contributed by atoms with van der Waals surface area (Å²) in [6.45, 7) is 0. The number of carbonyl (C=O) groups excluding carboxylic acids is 1. The Kier molecular flexibility index (Phi) is 5.28. The predicted molar refractivity (Wildman–Crippen MR) is 117 cm³/mol. The third kappa shape index (κ3) is 4.18. The van der Waals surface area contributed by atoms with Crippen molar-refractivity contribution in [3.63, 3.8) is 0 Å². The molecule has 0 fully saturated rings. The summed E-state index contributed by atoms with van der Waals surface area (Å²) < 4.78 is 5.64. The van der Waals surface area contributed by atoms with Gasteiger partial charge in [0.25, 0.3) is 11.6 Å². The van der Waals surface area contributed by atoms with Gasteiger partial charge in [-0.1, -0.05) is 42.5 Å². The number of nitriles is 1. The zero-order valence-electron chi connectivity index (χ0n) is 16.1. The van der Waals surface area contributed by atoms with Crippen molar-refractivity contribution < 1.29 is 14.1 Å². The Balaban J connectivity index is 1.58. The van der Waals surface area contributed by atoms with Crippen molar-refractivity contribution in [2.75, 3.05) is 5.32 Å². The van der Waals surface area contributed by atoms with E-state index in [0.29, 0.717) is 11.3 Å². The molecule has 0 bridgehead atoms. The van der Waals surface area contributed by atoms with Crippen LogP contribution in [0.4, 0.5) is 11.4 Å². The monoisotopic (exact) mass is 409 g/mol. The van der Waals surface area contributed by atoms with Gasteiger partial charge >= 0.3 is 0 Å². The first-order valence-corrected chi connectivity index (χ1v) is 9.31. The number of nitrogens with one attached hydrogen (secondary N) is 1. The number of furan rings is 1. The van der Waals surface area contributed by atoms with Gasteiger partial charge in [0.15, 0.2) is 0 Å². The largest absolute Gasteiger partial charge is 0.456 e. The number of hydrogen-bond donors (Lipinski definition) is 1. The average molecular weight is 409 g/mol. The predicted octanol–water partition coefficient (Wildman–Crippen LogP) is 5.55. The topological polar surface area (TPSA) is 109 Å². The van der Waals surface area contributed by atoms with Crippen molar-refractivity contribution in [2.45, 2.75) is 0 Å². The fourth-order valence-electron chi connectivity index (χ4n) is 3.17. The Morgan fingerprint density at radius 1 is 1.00 bits per heavy atom. The maximum Gasteiger partial charge on any atom is 0.280 e. The molecule has 0 saturated carbocycles. The molecule has 0 radical (unpaired) electrons. The summed E-state index contributed by atoms with van der Waals surface area (Å²) in [5.41, 5.74) is 0.620. The molecule has 0 aliphatic heterocycles. The zero-order valence-corrected chi connectivity index (χ0v) is 16.1. The van der Waals surface area contributed by atoms with Gasteiger partial charge in [0.2, 0.25) is 0 Å². The van der Waals surface area contributed by atoms with Crippen molar-refractivity contribution >= 4 is 34.1 Å². The average Bonchev–Trinajstić information content (AvgIpc) is 3.25. The van der Waals surface area contributed by atoms with Crippen LogP contribution in [0, 0.1) is 21.4 Å². The molecule has 0 aliphatic carbocycles. The van der Waals surface area contributed by atoms with Crippen LogP contribution in [-0.4, -0.2) is 10.8 Å². The molecule has 0 aliphatic rings. The Bertz CT molecular complexity index is 1380. The highest BCUT2D eigenvalue weighted by Crippen LogP contribution is 2.31. The molecule has 0 unspecified atom stereocenters. The molecule has 4 aromatic rings. The smallest absolute Gasteiger partial charge is 0.280 e. The Morgan fingerprint density at radius 2 is 1.74 bits per heavy atom. The number of para-hydroxylation sites is 1. The number of amides is 1. The molecule has 150 valence electrons. The van der Waals surface area contributed by atoms with E-state index in [1.54, 1.807) is 36.4 Å². The molecular weight excluding hydrogens is 394 g/mol. The number of benzene rings is 3. The molecule has 3 aromatic carbocycles. The van der Waals surface area contributed by atoms with Crippen molar-refractivity contribution in [1.82, 2.24) is 0 Å². The van der Waals surface area contributed by atoms with Crippen LogP contribution in [0.3, 0.4) is 0 Å². The van der Waals surface area contributed by atoms with Gasteiger partial charge in [-0.15, -0.1) is 0 Å². The van der Waals surface area contributed by atoms with Gasteiger partial charge in [-0.05, 0) is 41.1 Å². The SMILES string of the molecule is N#C/C(=C\c1ccc(-c2ccccc2[N+](=O)[O-])o1)C(=O)Nc1ccc2ccccc2c1. The number of nitro groups is 1. The van der Waals surface area contributed by atoms with Crippen LogP contribution in [0.2, 0.25) is 0 Å². The first kappa shape index (κ1) is 19.6. The lowest BCUT2D eigenvalue weighted by atomic mass is 10.1. The summed E-state index contributed by atoms with van der Waals surface area (Å²) in [7, 11) is 0. The molecule has 1 N–H and O–H groups in total. The van der Waals surface area contributed by atoms with Gasteiger partial charge < -0.3 is 9.73 Å². The molecule has 1 aromatic heterocycles. The van der Waals surface area contributed by atoms with Crippen LogP contribution in [0.15, 0.2) is 88.9 Å². The highest BCUT2D eigenvalue weighted by atomic mass is 16.6. The number of nitro benzene ring substituents is 1. The first-order valence-electron chi connectivity index (χ1n) is 9.31. The molecule has 7 nitrogen and oxygen atoms in total. The second-order valence-electron chi connectivity index (χ2n) is 6.66. The zero-order chi connectivity index (χ0) is 21.8. The Hall–Kier alpha value is -4.70.